The van der Waals surface area contributed by atoms with Crippen molar-refractivity contribution in [2.24, 2.45) is 5.92 Å². The van der Waals surface area contributed by atoms with Gasteiger partial charge in [0.2, 0.25) is 0 Å². The Hall–Kier alpha value is -2.33. The molecular formula is C19H22O4. The van der Waals surface area contributed by atoms with Crippen molar-refractivity contribution in [1.82, 2.24) is 0 Å². The monoisotopic (exact) mass is 314 g/mol. The molecule has 0 bridgehead atoms. The van der Waals surface area contributed by atoms with Gasteiger partial charge in [0.05, 0.1) is 6.61 Å². The van der Waals surface area contributed by atoms with Gasteiger partial charge in [-0.05, 0) is 23.6 Å². The van der Waals surface area contributed by atoms with Crippen molar-refractivity contribution in [1.29, 1.82) is 0 Å². The first-order valence-corrected chi connectivity index (χ1v) is 7.71. The van der Waals surface area contributed by atoms with Crippen molar-refractivity contribution in [2.45, 2.75) is 20.0 Å². The van der Waals surface area contributed by atoms with Crippen molar-refractivity contribution in [3.63, 3.8) is 0 Å². The first kappa shape index (κ1) is 17.0. The molecule has 0 fully saturated rings. The van der Waals surface area contributed by atoms with Gasteiger partial charge in [0, 0.05) is 6.61 Å². The lowest BCUT2D eigenvalue weighted by atomic mass is 10.1. The van der Waals surface area contributed by atoms with E-state index in [4.69, 9.17) is 14.2 Å². The summed E-state index contributed by atoms with van der Waals surface area (Å²) in [5.41, 5.74) is 0.876. The fraction of sp³-hybridized carbons (Fsp3) is 0.316. The summed E-state index contributed by atoms with van der Waals surface area (Å²) < 4.78 is 16.2. The van der Waals surface area contributed by atoms with E-state index in [-0.39, 0.29) is 0 Å². The van der Waals surface area contributed by atoms with Crippen LogP contribution in [0.5, 0.6) is 5.75 Å². The van der Waals surface area contributed by atoms with Crippen LogP contribution in [0.4, 0.5) is 4.79 Å². The zero-order valence-corrected chi connectivity index (χ0v) is 13.5. The van der Waals surface area contributed by atoms with Gasteiger partial charge in [0.25, 0.3) is 0 Å². The zero-order valence-electron chi connectivity index (χ0n) is 13.5. The molecule has 23 heavy (non-hydrogen) atoms. The molecule has 122 valence electrons. The van der Waals surface area contributed by atoms with Crippen molar-refractivity contribution < 1.29 is 19.0 Å². The second-order valence-corrected chi connectivity index (χ2v) is 5.61. The lowest BCUT2D eigenvalue weighted by molar-refractivity contribution is -0.00539. The minimum Gasteiger partial charge on any atom is -0.423 e. The Morgan fingerprint density at radius 1 is 0.913 bits per heavy atom. The molecular weight excluding hydrogens is 292 g/mol. The third-order valence-electron chi connectivity index (χ3n) is 3.07. The Morgan fingerprint density at radius 2 is 1.52 bits per heavy atom. The number of hydrogen-bond acceptors (Lipinski definition) is 4. The van der Waals surface area contributed by atoms with Gasteiger partial charge in [-0.25, -0.2) is 4.79 Å². The molecule has 2 aromatic carbocycles. The lowest BCUT2D eigenvalue weighted by Gasteiger charge is -2.18. The fourth-order valence-electron chi connectivity index (χ4n) is 2.00. The molecule has 2 aromatic rings. The van der Waals surface area contributed by atoms with Crippen LogP contribution in [0.1, 0.15) is 25.5 Å². The van der Waals surface area contributed by atoms with Crippen LogP contribution in [0.2, 0.25) is 0 Å². The predicted octanol–water partition coefficient (Wildman–Crippen LogP) is 4.62. The van der Waals surface area contributed by atoms with E-state index in [2.05, 4.69) is 13.8 Å². The number of benzene rings is 2. The number of ether oxygens (including phenoxy) is 3. The van der Waals surface area contributed by atoms with E-state index in [0.29, 0.717) is 24.9 Å². The number of carbonyl (C=O) groups is 1. The van der Waals surface area contributed by atoms with Gasteiger partial charge in [-0.1, -0.05) is 62.4 Å². The van der Waals surface area contributed by atoms with Crippen molar-refractivity contribution in [3.05, 3.63) is 66.2 Å². The molecule has 0 radical (unpaired) electrons. The van der Waals surface area contributed by atoms with Gasteiger partial charge in [-0.15, -0.1) is 0 Å². The first-order valence-electron chi connectivity index (χ1n) is 7.71. The average Bonchev–Trinajstić information content (AvgIpc) is 2.55. The van der Waals surface area contributed by atoms with Gasteiger partial charge in [-0.3, -0.25) is 0 Å². The number of rotatable bonds is 7. The predicted molar refractivity (Wildman–Crippen MR) is 88.4 cm³/mol. The Bertz CT molecular complexity index is 581. The second kappa shape index (κ2) is 8.96. The SMILES string of the molecule is CC(C)COCC(OC(=O)Oc1ccccc1)c1ccccc1. The number of hydrogen-bond donors (Lipinski definition) is 0. The summed E-state index contributed by atoms with van der Waals surface area (Å²) in [4.78, 5) is 12.0. The minimum absolute atomic E-state index is 0.298. The molecule has 0 saturated carbocycles. The topological polar surface area (TPSA) is 44.8 Å². The highest BCUT2D eigenvalue weighted by Gasteiger charge is 2.18. The maximum atomic E-state index is 12.0. The summed E-state index contributed by atoms with van der Waals surface area (Å²) in [6, 6.07) is 18.4. The summed E-state index contributed by atoms with van der Waals surface area (Å²) in [7, 11) is 0. The van der Waals surface area contributed by atoms with Gasteiger partial charge in [0.1, 0.15) is 5.75 Å². The standard InChI is InChI=1S/C19H22O4/c1-15(2)13-21-14-18(16-9-5-3-6-10-16)23-19(20)22-17-11-7-4-8-12-17/h3-12,15,18H,13-14H2,1-2H3. The molecule has 0 aliphatic heterocycles. The minimum atomic E-state index is -0.738. The second-order valence-electron chi connectivity index (χ2n) is 5.61. The van der Waals surface area contributed by atoms with E-state index in [1.807, 2.05) is 36.4 Å². The van der Waals surface area contributed by atoms with Crippen molar-refractivity contribution in [2.75, 3.05) is 13.2 Å². The van der Waals surface area contributed by atoms with Crippen LogP contribution in [-0.4, -0.2) is 19.4 Å². The molecule has 2 rings (SSSR count). The largest absolute Gasteiger partial charge is 0.514 e. The van der Waals surface area contributed by atoms with E-state index in [1.54, 1.807) is 24.3 Å². The Labute approximate surface area is 137 Å². The van der Waals surface area contributed by atoms with E-state index in [1.165, 1.54) is 0 Å². The zero-order chi connectivity index (χ0) is 16.5. The van der Waals surface area contributed by atoms with Crippen molar-refractivity contribution >= 4 is 6.16 Å². The molecule has 0 aliphatic carbocycles. The van der Waals surface area contributed by atoms with E-state index in [9.17, 15) is 4.79 Å². The lowest BCUT2D eigenvalue weighted by Crippen LogP contribution is -2.20. The molecule has 1 unspecified atom stereocenters. The molecule has 0 N–H and O–H groups in total. The molecule has 4 nitrogen and oxygen atoms in total. The Morgan fingerprint density at radius 3 is 2.13 bits per heavy atom. The quantitative estimate of drug-likeness (QED) is 0.553. The van der Waals surface area contributed by atoms with Crippen LogP contribution in [0, 0.1) is 5.92 Å². The van der Waals surface area contributed by atoms with Gasteiger partial charge >= 0.3 is 6.16 Å². The third kappa shape index (κ3) is 6.12. The smallest absolute Gasteiger partial charge is 0.423 e. The Balaban J connectivity index is 1.97. The molecule has 0 heterocycles. The van der Waals surface area contributed by atoms with Crippen LogP contribution in [0.25, 0.3) is 0 Å². The van der Waals surface area contributed by atoms with Crippen LogP contribution >= 0.6 is 0 Å². The molecule has 0 spiro atoms. The first-order chi connectivity index (χ1) is 11.1. The summed E-state index contributed by atoms with van der Waals surface area (Å²) in [5, 5.41) is 0. The normalized spacial score (nSPS) is 12.0. The van der Waals surface area contributed by atoms with Crippen molar-refractivity contribution in [3.8, 4) is 5.75 Å². The van der Waals surface area contributed by atoms with Crippen LogP contribution < -0.4 is 4.74 Å². The third-order valence-corrected chi connectivity index (χ3v) is 3.07. The molecule has 0 amide bonds. The van der Waals surface area contributed by atoms with Gasteiger partial charge in [0.15, 0.2) is 6.10 Å². The molecule has 0 aromatic heterocycles. The molecule has 0 saturated heterocycles. The highest BCUT2D eigenvalue weighted by atomic mass is 16.7. The van der Waals surface area contributed by atoms with Crippen LogP contribution in [0.3, 0.4) is 0 Å². The fourth-order valence-corrected chi connectivity index (χ4v) is 2.00. The summed E-state index contributed by atoms with van der Waals surface area (Å²) >= 11 is 0. The van der Waals surface area contributed by atoms with Gasteiger partial charge < -0.3 is 14.2 Å². The van der Waals surface area contributed by atoms with E-state index >= 15 is 0 Å². The highest BCUT2D eigenvalue weighted by Crippen LogP contribution is 2.20. The highest BCUT2D eigenvalue weighted by molar-refractivity contribution is 5.64. The molecule has 1 atom stereocenters. The number of carbonyl (C=O) groups excluding carboxylic acids is 1. The maximum Gasteiger partial charge on any atom is 0.514 e. The summed E-state index contributed by atoms with van der Waals surface area (Å²) in [5.74, 6) is 0.870. The Kier molecular flexibility index (Phi) is 6.63. The van der Waals surface area contributed by atoms with E-state index in [0.717, 1.165) is 5.56 Å². The van der Waals surface area contributed by atoms with Crippen LogP contribution in [0.15, 0.2) is 60.7 Å². The maximum absolute atomic E-state index is 12.0. The number of para-hydroxylation sites is 1. The molecule has 0 aliphatic rings. The molecule has 4 heteroatoms. The average molecular weight is 314 g/mol. The van der Waals surface area contributed by atoms with E-state index < -0.39 is 12.3 Å². The summed E-state index contributed by atoms with van der Waals surface area (Å²) in [6.07, 6.45) is -1.23. The summed E-state index contributed by atoms with van der Waals surface area (Å²) in [6.45, 7) is 5.05. The van der Waals surface area contributed by atoms with Crippen LogP contribution in [-0.2, 0) is 9.47 Å². The van der Waals surface area contributed by atoms with Gasteiger partial charge in [-0.2, -0.15) is 0 Å².